The minimum Gasteiger partial charge on any atom is -0.454 e. The molecule has 0 spiro atoms. The molecule has 0 aliphatic carbocycles. The molecule has 31 heavy (non-hydrogen) atoms. The quantitative estimate of drug-likeness (QED) is 0.775. The Morgan fingerprint density at radius 1 is 1.00 bits per heavy atom. The fraction of sp³-hybridized carbons (Fsp3) is 0.609. The molecule has 2 fully saturated rings. The zero-order valence-corrected chi connectivity index (χ0v) is 18.1. The SMILES string of the molecule is CCC(=O)N1CCC(C(NC(=O)c2ccc3c(c2)OCO3)C(=O)N2CCCCC2)CC1. The van der Waals surface area contributed by atoms with Crippen LogP contribution in [-0.4, -0.2) is 66.5 Å². The zero-order chi connectivity index (χ0) is 21.8. The van der Waals surface area contributed by atoms with Crippen LogP contribution in [0.5, 0.6) is 11.5 Å². The summed E-state index contributed by atoms with van der Waals surface area (Å²) in [6.07, 6.45) is 5.03. The molecule has 3 heterocycles. The number of likely N-dealkylation sites (tertiary alicyclic amines) is 2. The smallest absolute Gasteiger partial charge is 0.252 e. The first-order chi connectivity index (χ1) is 15.1. The number of fused-ring (bicyclic) bond motifs is 1. The monoisotopic (exact) mass is 429 g/mol. The van der Waals surface area contributed by atoms with Crippen LogP contribution in [0.15, 0.2) is 18.2 Å². The highest BCUT2D eigenvalue weighted by molar-refractivity contribution is 5.98. The largest absolute Gasteiger partial charge is 0.454 e. The van der Waals surface area contributed by atoms with Crippen LogP contribution in [0.4, 0.5) is 0 Å². The number of carbonyl (C=O) groups is 3. The van der Waals surface area contributed by atoms with Crippen LogP contribution in [0.3, 0.4) is 0 Å². The lowest BCUT2D eigenvalue weighted by Gasteiger charge is -2.38. The molecule has 3 aliphatic rings. The lowest BCUT2D eigenvalue weighted by Crippen LogP contribution is -2.55. The molecule has 1 unspecified atom stereocenters. The van der Waals surface area contributed by atoms with Gasteiger partial charge < -0.3 is 24.6 Å². The van der Waals surface area contributed by atoms with Gasteiger partial charge in [0, 0.05) is 38.2 Å². The summed E-state index contributed by atoms with van der Waals surface area (Å²) in [4.78, 5) is 42.3. The summed E-state index contributed by atoms with van der Waals surface area (Å²) in [6, 6.07) is 4.47. The van der Waals surface area contributed by atoms with Gasteiger partial charge in [-0.2, -0.15) is 0 Å². The number of nitrogens with one attached hydrogen (secondary N) is 1. The molecule has 4 rings (SSSR count). The number of hydrogen-bond donors (Lipinski definition) is 1. The third kappa shape index (κ3) is 4.78. The number of amides is 3. The van der Waals surface area contributed by atoms with E-state index in [4.69, 9.17) is 9.47 Å². The maximum Gasteiger partial charge on any atom is 0.252 e. The summed E-state index contributed by atoms with van der Waals surface area (Å²) in [7, 11) is 0. The molecule has 3 aliphatic heterocycles. The van der Waals surface area contributed by atoms with E-state index >= 15 is 0 Å². The number of ether oxygens (including phenoxy) is 2. The molecule has 3 amide bonds. The minimum atomic E-state index is -0.588. The van der Waals surface area contributed by atoms with Crippen molar-refractivity contribution < 1.29 is 23.9 Å². The molecule has 0 radical (unpaired) electrons. The third-order valence-electron chi connectivity index (χ3n) is 6.52. The van der Waals surface area contributed by atoms with E-state index in [1.165, 1.54) is 0 Å². The fourth-order valence-corrected chi connectivity index (χ4v) is 4.66. The Morgan fingerprint density at radius 3 is 2.42 bits per heavy atom. The van der Waals surface area contributed by atoms with Gasteiger partial charge in [0.25, 0.3) is 5.91 Å². The van der Waals surface area contributed by atoms with Crippen molar-refractivity contribution in [3.8, 4) is 11.5 Å². The van der Waals surface area contributed by atoms with E-state index in [2.05, 4.69) is 5.32 Å². The number of rotatable bonds is 5. The van der Waals surface area contributed by atoms with Gasteiger partial charge in [-0.25, -0.2) is 0 Å². The number of hydrogen-bond acceptors (Lipinski definition) is 5. The first-order valence-corrected chi connectivity index (χ1v) is 11.3. The normalized spacial score (nSPS) is 19.8. The lowest BCUT2D eigenvalue weighted by atomic mass is 9.87. The van der Waals surface area contributed by atoms with Crippen molar-refractivity contribution in [2.24, 2.45) is 5.92 Å². The molecule has 2 saturated heterocycles. The molecule has 8 nitrogen and oxygen atoms in total. The second kappa shape index (κ2) is 9.58. The molecular formula is C23H31N3O5. The van der Waals surface area contributed by atoms with E-state index in [9.17, 15) is 14.4 Å². The lowest BCUT2D eigenvalue weighted by molar-refractivity contribution is -0.136. The number of carbonyl (C=O) groups excluding carboxylic acids is 3. The van der Waals surface area contributed by atoms with Crippen LogP contribution < -0.4 is 14.8 Å². The van der Waals surface area contributed by atoms with E-state index in [0.717, 1.165) is 32.4 Å². The summed E-state index contributed by atoms with van der Waals surface area (Å²) in [5, 5.41) is 3.02. The molecule has 0 aromatic heterocycles. The Hall–Kier alpha value is -2.77. The number of piperidine rings is 2. The van der Waals surface area contributed by atoms with Crippen LogP contribution in [0.1, 0.15) is 55.8 Å². The van der Waals surface area contributed by atoms with E-state index in [-0.39, 0.29) is 30.4 Å². The van der Waals surface area contributed by atoms with Crippen LogP contribution in [0.2, 0.25) is 0 Å². The first-order valence-electron chi connectivity index (χ1n) is 11.3. The highest BCUT2D eigenvalue weighted by atomic mass is 16.7. The Morgan fingerprint density at radius 2 is 1.71 bits per heavy atom. The summed E-state index contributed by atoms with van der Waals surface area (Å²) in [5.41, 5.74) is 0.444. The van der Waals surface area contributed by atoms with Gasteiger partial charge in [-0.15, -0.1) is 0 Å². The van der Waals surface area contributed by atoms with Crippen LogP contribution in [0, 0.1) is 5.92 Å². The molecular weight excluding hydrogens is 398 g/mol. The standard InChI is InChI=1S/C23H31N3O5/c1-2-20(27)25-12-8-16(9-13-25)21(23(29)26-10-4-3-5-11-26)24-22(28)17-6-7-18-19(14-17)31-15-30-18/h6-7,14,16,21H,2-5,8-13,15H2,1H3,(H,24,28). The van der Waals surface area contributed by atoms with Crippen molar-refractivity contribution in [2.45, 2.75) is 51.5 Å². The van der Waals surface area contributed by atoms with Crippen molar-refractivity contribution in [2.75, 3.05) is 33.0 Å². The summed E-state index contributed by atoms with van der Waals surface area (Å²) >= 11 is 0. The van der Waals surface area contributed by atoms with Crippen molar-refractivity contribution in [3.63, 3.8) is 0 Å². The van der Waals surface area contributed by atoms with Crippen LogP contribution >= 0.6 is 0 Å². The van der Waals surface area contributed by atoms with E-state index in [1.807, 2.05) is 16.7 Å². The third-order valence-corrected chi connectivity index (χ3v) is 6.52. The van der Waals surface area contributed by atoms with Gasteiger partial charge in [0.1, 0.15) is 6.04 Å². The molecule has 168 valence electrons. The summed E-state index contributed by atoms with van der Waals surface area (Å²) in [6.45, 7) is 4.74. The second-order valence-corrected chi connectivity index (χ2v) is 8.48. The maximum atomic E-state index is 13.4. The Kier molecular flexibility index (Phi) is 6.63. The minimum absolute atomic E-state index is 0.00550. The maximum absolute atomic E-state index is 13.4. The van der Waals surface area contributed by atoms with E-state index in [1.54, 1.807) is 18.2 Å². The molecule has 1 N–H and O–H groups in total. The van der Waals surface area contributed by atoms with Gasteiger partial charge >= 0.3 is 0 Å². The molecule has 1 atom stereocenters. The Balaban J connectivity index is 1.49. The number of benzene rings is 1. The first kappa shape index (κ1) is 21.5. The van der Waals surface area contributed by atoms with Crippen molar-refractivity contribution in [1.82, 2.24) is 15.1 Å². The molecule has 0 bridgehead atoms. The predicted molar refractivity (Wildman–Crippen MR) is 114 cm³/mol. The van der Waals surface area contributed by atoms with Crippen LogP contribution in [-0.2, 0) is 9.59 Å². The van der Waals surface area contributed by atoms with E-state index in [0.29, 0.717) is 49.4 Å². The van der Waals surface area contributed by atoms with Crippen molar-refractivity contribution >= 4 is 17.7 Å². The van der Waals surface area contributed by atoms with Gasteiger partial charge in [0.05, 0.1) is 0 Å². The predicted octanol–water partition coefficient (Wildman–Crippen LogP) is 2.17. The van der Waals surface area contributed by atoms with Gasteiger partial charge in [0.15, 0.2) is 11.5 Å². The van der Waals surface area contributed by atoms with Gasteiger partial charge in [-0.1, -0.05) is 6.92 Å². The van der Waals surface area contributed by atoms with Gasteiger partial charge in [-0.05, 0) is 56.2 Å². The number of nitrogens with zero attached hydrogens (tertiary/aromatic N) is 2. The average Bonchev–Trinajstić information content (AvgIpc) is 3.30. The Labute approximate surface area is 182 Å². The van der Waals surface area contributed by atoms with E-state index < -0.39 is 6.04 Å². The average molecular weight is 430 g/mol. The zero-order valence-electron chi connectivity index (χ0n) is 18.1. The molecule has 8 heteroatoms. The molecule has 0 saturated carbocycles. The van der Waals surface area contributed by atoms with Crippen LogP contribution in [0.25, 0.3) is 0 Å². The Bertz CT molecular complexity index is 829. The summed E-state index contributed by atoms with van der Waals surface area (Å²) < 4.78 is 10.7. The summed E-state index contributed by atoms with van der Waals surface area (Å²) in [5.74, 6) is 1.01. The topological polar surface area (TPSA) is 88.2 Å². The van der Waals surface area contributed by atoms with Gasteiger partial charge in [0.2, 0.25) is 18.6 Å². The fourth-order valence-electron chi connectivity index (χ4n) is 4.66. The highest BCUT2D eigenvalue weighted by Crippen LogP contribution is 2.32. The van der Waals surface area contributed by atoms with Crippen molar-refractivity contribution in [1.29, 1.82) is 0 Å². The molecule has 1 aromatic rings. The van der Waals surface area contributed by atoms with Crippen molar-refractivity contribution in [3.05, 3.63) is 23.8 Å². The second-order valence-electron chi connectivity index (χ2n) is 8.48. The van der Waals surface area contributed by atoms with Gasteiger partial charge in [-0.3, -0.25) is 14.4 Å². The molecule has 1 aromatic carbocycles. The highest BCUT2D eigenvalue weighted by Gasteiger charge is 2.36.